The number of alkyl halides is 3. The van der Waals surface area contributed by atoms with Crippen molar-refractivity contribution < 1.29 is 32.6 Å². The molecule has 1 aromatic rings. The summed E-state index contributed by atoms with van der Waals surface area (Å²) in [7, 11) is 3.59. The molecule has 0 bridgehead atoms. The fraction of sp³-hybridized carbons (Fsp3) is 0.474. The van der Waals surface area contributed by atoms with Gasteiger partial charge in [0, 0.05) is 26.2 Å². The molecule has 1 amide bonds. The van der Waals surface area contributed by atoms with Crippen LogP contribution >= 0.6 is 0 Å². The number of ether oxygens (including phenoxy) is 1. The second-order valence-electron chi connectivity index (χ2n) is 6.58. The van der Waals surface area contributed by atoms with Crippen molar-refractivity contribution in [1.82, 2.24) is 4.90 Å². The van der Waals surface area contributed by atoms with Gasteiger partial charge in [-0.1, -0.05) is 6.58 Å². The first kappa shape index (κ1) is 25.1. The molecule has 0 aromatic heterocycles. The number of nitrogen functional groups attached to an aromatic ring is 1. The third kappa shape index (κ3) is 7.82. The quantitative estimate of drug-likeness (QED) is 0.449. The lowest BCUT2D eigenvalue weighted by atomic mass is 10.2. The first-order chi connectivity index (χ1) is 14.0. The van der Waals surface area contributed by atoms with Crippen molar-refractivity contribution >= 4 is 28.9 Å². The minimum Gasteiger partial charge on any atom is -0.495 e. The smallest absolute Gasteiger partial charge is 0.490 e. The third-order valence-electron chi connectivity index (χ3n) is 4.40. The molecule has 1 fully saturated rings. The average molecular weight is 432 g/mol. The van der Waals surface area contributed by atoms with Crippen molar-refractivity contribution in [3.63, 3.8) is 0 Å². The minimum atomic E-state index is -5.08. The highest BCUT2D eigenvalue weighted by Gasteiger charge is 2.38. The van der Waals surface area contributed by atoms with Crippen LogP contribution in [0.25, 0.3) is 0 Å². The summed E-state index contributed by atoms with van der Waals surface area (Å²) in [4.78, 5) is 25.1. The highest BCUT2D eigenvalue weighted by atomic mass is 19.4. The number of likely N-dealkylation sites (N-methyl/N-ethyl adjacent to an activating group) is 1. The third-order valence-corrected chi connectivity index (χ3v) is 4.40. The van der Waals surface area contributed by atoms with E-state index in [1.54, 1.807) is 13.2 Å². The summed E-state index contributed by atoms with van der Waals surface area (Å²) in [6.07, 6.45) is -1.28. The van der Waals surface area contributed by atoms with Gasteiger partial charge in [0.2, 0.25) is 5.91 Å². The molecule has 8 nitrogen and oxygen atoms in total. The number of hydrogen-bond donors (Lipinski definition) is 3. The summed E-state index contributed by atoms with van der Waals surface area (Å²) in [6.45, 7) is 7.68. The fourth-order valence-corrected chi connectivity index (χ4v) is 2.78. The maximum atomic E-state index is 11.7. The van der Waals surface area contributed by atoms with Gasteiger partial charge in [0.05, 0.1) is 24.2 Å². The maximum absolute atomic E-state index is 11.7. The Morgan fingerprint density at radius 2 is 1.93 bits per heavy atom. The number of carbonyl (C=O) groups excluding carboxylic acids is 1. The van der Waals surface area contributed by atoms with Crippen molar-refractivity contribution in [3.05, 3.63) is 24.8 Å². The molecule has 4 N–H and O–H groups in total. The number of nitrogens with two attached hydrogens (primary N) is 1. The second kappa shape index (κ2) is 11.3. The van der Waals surface area contributed by atoms with Crippen LogP contribution in [-0.4, -0.2) is 68.4 Å². The van der Waals surface area contributed by atoms with Gasteiger partial charge >= 0.3 is 12.1 Å². The maximum Gasteiger partial charge on any atom is 0.490 e. The van der Waals surface area contributed by atoms with Gasteiger partial charge in [-0.15, -0.1) is 0 Å². The van der Waals surface area contributed by atoms with E-state index >= 15 is 0 Å². The van der Waals surface area contributed by atoms with E-state index in [0.29, 0.717) is 17.1 Å². The molecular formula is C19H27F3N4O4. The number of amides is 1. The summed E-state index contributed by atoms with van der Waals surface area (Å²) < 4.78 is 37.0. The molecule has 30 heavy (non-hydrogen) atoms. The van der Waals surface area contributed by atoms with E-state index in [1.807, 2.05) is 13.1 Å². The number of nitrogens with one attached hydrogen (secondary N) is 1. The van der Waals surface area contributed by atoms with E-state index in [-0.39, 0.29) is 5.91 Å². The number of likely N-dealkylation sites (tertiary alicyclic amines) is 1. The second-order valence-corrected chi connectivity index (χ2v) is 6.58. The van der Waals surface area contributed by atoms with E-state index in [4.69, 9.17) is 20.4 Å². The van der Waals surface area contributed by atoms with Crippen molar-refractivity contribution in [2.45, 2.75) is 19.0 Å². The summed E-state index contributed by atoms with van der Waals surface area (Å²) in [5.41, 5.74) is 8.00. The number of benzene rings is 1. The summed E-state index contributed by atoms with van der Waals surface area (Å²) in [5, 5.41) is 9.94. The molecule has 1 aliphatic heterocycles. The molecule has 168 valence electrons. The van der Waals surface area contributed by atoms with Crippen LogP contribution in [0.2, 0.25) is 0 Å². The Morgan fingerprint density at radius 1 is 1.37 bits per heavy atom. The Bertz CT molecular complexity index is 750. The Labute approximate surface area is 173 Å². The number of hydrogen-bond acceptors (Lipinski definition) is 6. The lowest BCUT2D eigenvalue weighted by Gasteiger charge is -2.26. The minimum absolute atomic E-state index is 0.260. The van der Waals surface area contributed by atoms with Gasteiger partial charge in [0.15, 0.2) is 0 Å². The van der Waals surface area contributed by atoms with Gasteiger partial charge in [-0.3, -0.25) is 4.79 Å². The topological polar surface area (TPSA) is 108 Å². The van der Waals surface area contributed by atoms with Crippen LogP contribution in [-0.2, 0) is 9.59 Å². The van der Waals surface area contributed by atoms with Gasteiger partial charge < -0.3 is 30.7 Å². The molecule has 0 atom stereocenters. The number of rotatable bonds is 7. The van der Waals surface area contributed by atoms with Crippen molar-refractivity contribution in [2.24, 2.45) is 0 Å². The number of nitrogens with zero attached hydrogens (tertiary/aromatic N) is 2. The number of halogens is 3. The van der Waals surface area contributed by atoms with Gasteiger partial charge in [0.25, 0.3) is 0 Å². The number of carboxylic acid groups (broad SMARTS) is 1. The highest BCUT2D eigenvalue weighted by Crippen LogP contribution is 2.35. The first-order valence-electron chi connectivity index (χ1n) is 9.14. The van der Waals surface area contributed by atoms with Crippen LogP contribution in [0.4, 0.5) is 30.2 Å². The number of carbonyl (C=O) groups is 2. The molecule has 0 unspecified atom stereocenters. The van der Waals surface area contributed by atoms with E-state index in [0.717, 1.165) is 18.8 Å². The Kier molecular flexibility index (Phi) is 9.44. The van der Waals surface area contributed by atoms with E-state index in [1.165, 1.54) is 32.0 Å². The van der Waals surface area contributed by atoms with Gasteiger partial charge in [-0.2, -0.15) is 13.2 Å². The van der Waals surface area contributed by atoms with Crippen molar-refractivity contribution in [1.29, 1.82) is 0 Å². The standard InChI is InChI=1S/C17H26N4O2.C2HF3O2/c1-4-17(22)19-14-11-13(18)16(23-3)12-15(14)20(2)9-10-21-7-5-6-8-21;3-2(4,5)1(6)7/h4,11-12H,1,5-10,18H2,2-3H3,(H,19,22);(H,6,7). The molecule has 2 rings (SSSR count). The molecule has 0 aliphatic carbocycles. The zero-order valence-electron chi connectivity index (χ0n) is 17.0. The Morgan fingerprint density at radius 3 is 2.40 bits per heavy atom. The lowest BCUT2D eigenvalue weighted by molar-refractivity contribution is -0.192. The molecule has 0 saturated carbocycles. The van der Waals surface area contributed by atoms with E-state index in [9.17, 15) is 18.0 Å². The van der Waals surface area contributed by atoms with Crippen LogP contribution in [0.5, 0.6) is 5.75 Å². The zero-order chi connectivity index (χ0) is 22.9. The lowest BCUT2D eigenvalue weighted by Crippen LogP contribution is -2.32. The van der Waals surface area contributed by atoms with Crippen LogP contribution in [0, 0.1) is 0 Å². The monoisotopic (exact) mass is 432 g/mol. The van der Waals surface area contributed by atoms with Crippen molar-refractivity contribution in [3.8, 4) is 5.75 Å². The van der Waals surface area contributed by atoms with Crippen molar-refractivity contribution in [2.75, 3.05) is 56.3 Å². The van der Waals surface area contributed by atoms with Crippen LogP contribution in [0.15, 0.2) is 24.8 Å². The first-order valence-corrected chi connectivity index (χ1v) is 9.14. The molecule has 1 aliphatic rings. The Hall–Kier alpha value is -2.95. The molecule has 1 saturated heterocycles. The predicted molar refractivity (Wildman–Crippen MR) is 109 cm³/mol. The van der Waals surface area contributed by atoms with Gasteiger partial charge in [0.1, 0.15) is 5.75 Å². The number of methoxy groups -OCH3 is 1. The SMILES string of the molecule is C=CC(=O)Nc1cc(N)c(OC)cc1N(C)CCN1CCCC1.O=C(O)C(F)(F)F. The molecule has 0 spiro atoms. The highest BCUT2D eigenvalue weighted by molar-refractivity contribution is 6.02. The molecule has 11 heteroatoms. The molecule has 0 radical (unpaired) electrons. The van der Waals surface area contributed by atoms with Gasteiger partial charge in [-0.25, -0.2) is 4.79 Å². The van der Waals surface area contributed by atoms with E-state index < -0.39 is 12.1 Å². The normalized spacial score (nSPS) is 13.8. The zero-order valence-corrected chi connectivity index (χ0v) is 17.0. The van der Waals surface area contributed by atoms with Crippen LogP contribution in [0.1, 0.15) is 12.8 Å². The van der Waals surface area contributed by atoms with Gasteiger partial charge in [-0.05, 0) is 38.1 Å². The van der Waals surface area contributed by atoms with Crippen LogP contribution < -0.4 is 20.7 Å². The average Bonchev–Trinajstić information content (AvgIpc) is 3.19. The summed E-state index contributed by atoms with van der Waals surface area (Å²) >= 11 is 0. The summed E-state index contributed by atoms with van der Waals surface area (Å²) in [5.74, 6) is -2.42. The Balaban J connectivity index is 0.000000553. The molecule has 1 heterocycles. The largest absolute Gasteiger partial charge is 0.495 e. The van der Waals surface area contributed by atoms with Crippen LogP contribution in [0.3, 0.4) is 0 Å². The number of carboxylic acids is 1. The molecular weight excluding hydrogens is 405 g/mol. The predicted octanol–water partition coefficient (Wildman–Crippen LogP) is 2.57. The summed E-state index contributed by atoms with van der Waals surface area (Å²) in [6, 6.07) is 3.58. The fourth-order valence-electron chi connectivity index (χ4n) is 2.78. The number of aliphatic carboxylic acids is 1. The molecule has 1 aromatic carbocycles. The number of anilines is 3. The van der Waals surface area contributed by atoms with E-state index in [2.05, 4.69) is 21.7 Å².